The monoisotopic (exact) mass is 283 g/mol. The van der Waals surface area contributed by atoms with E-state index in [0.29, 0.717) is 4.99 Å². The Hall–Kier alpha value is -1.18. The molecule has 106 valence electrons. The molecule has 2 heterocycles. The molecule has 0 amide bonds. The zero-order valence-corrected chi connectivity index (χ0v) is 12.3. The number of nitrogens with zero attached hydrogens (tertiary/aromatic N) is 3. The molecule has 0 aromatic carbocycles. The molecular weight excluding hydrogens is 262 g/mol. The predicted octanol–water partition coefficient (Wildman–Crippen LogP) is 0.107. The Balaban J connectivity index is 1.93. The molecular formula is C12H21N5OS. The van der Waals surface area contributed by atoms with Crippen LogP contribution in [0.15, 0.2) is 0 Å². The van der Waals surface area contributed by atoms with E-state index in [0.717, 1.165) is 56.5 Å². The van der Waals surface area contributed by atoms with Crippen molar-refractivity contribution in [2.24, 2.45) is 12.8 Å². The van der Waals surface area contributed by atoms with Crippen LogP contribution in [0.5, 0.6) is 0 Å². The summed E-state index contributed by atoms with van der Waals surface area (Å²) in [6, 6.07) is 0. The van der Waals surface area contributed by atoms with Gasteiger partial charge in [-0.15, -0.1) is 0 Å². The van der Waals surface area contributed by atoms with E-state index < -0.39 is 0 Å². The zero-order valence-electron chi connectivity index (χ0n) is 11.5. The summed E-state index contributed by atoms with van der Waals surface area (Å²) in [5.74, 6) is 0.901. The molecule has 1 aliphatic rings. The summed E-state index contributed by atoms with van der Waals surface area (Å²) in [7, 11) is 1.89. The van der Waals surface area contributed by atoms with Gasteiger partial charge in [-0.25, -0.2) is 0 Å². The van der Waals surface area contributed by atoms with Crippen LogP contribution >= 0.6 is 12.2 Å². The minimum Gasteiger partial charge on any atom is -0.389 e. The third-order valence-electron chi connectivity index (χ3n) is 3.29. The fraction of sp³-hybridized carbons (Fsp3) is 0.667. The average Bonchev–Trinajstić information content (AvgIpc) is 2.65. The first kappa shape index (κ1) is 14.2. The molecule has 0 atom stereocenters. The van der Waals surface area contributed by atoms with Crippen molar-refractivity contribution >= 4 is 23.0 Å². The van der Waals surface area contributed by atoms with Crippen LogP contribution in [0.3, 0.4) is 0 Å². The lowest BCUT2D eigenvalue weighted by molar-refractivity contribution is 0.0398. The van der Waals surface area contributed by atoms with Crippen molar-refractivity contribution in [1.82, 2.24) is 14.7 Å². The van der Waals surface area contributed by atoms with E-state index in [-0.39, 0.29) is 0 Å². The summed E-state index contributed by atoms with van der Waals surface area (Å²) in [5.41, 5.74) is 7.47. The second-order valence-electron chi connectivity index (χ2n) is 4.68. The summed E-state index contributed by atoms with van der Waals surface area (Å²) in [5, 5.41) is 7.73. The van der Waals surface area contributed by atoms with E-state index in [1.807, 2.05) is 14.0 Å². The van der Waals surface area contributed by atoms with Gasteiger partial charge in [0.25, 0.3) is 0 Å². The Kier molecular flexibility index (Phi) is 4.73. The van der Waals surface area contributed by atoms with Crippen LogP contribution in [-0.2, 0) is 11.8 Å². The summed E-state index contributed by atoms with van der Waals surface area (Å²) >= 11 is 5.08. The highest BCUT2D eigenvalue weighted by atomic mass is 32.1. The van der Waals surface area contributed by atoms with E-state index in [4.69, 9.17) is 22.7 Å². The minimum absolute atomic E-state index is 0.388. The number of morpholine rings is 1. The molecule has 0 unspecified atom stereocenters. The first-order valence-electron chi connectivity index (χ1n) is 6.47. The number of hydrogen-bond donors (Lipinski definition) is 2. The van der Waals surface area contributed by atoms with Crippen molar-refractivity contribution in [1.29, 1.82) is 0 Å². The number of rotatable bonds is 5. The Bertz CT molecular complexity index is 453. The minimum atomic E-state index is 0.388. The molecule has 0 spiro atoms. The van der Waals surface area contributed by atoms with E-state index in [2.05, 4.69) is 15.3 Å². The average molecular weight is 283 g/mol. The number of ether oxygens (including phenoxy) is 1. The van der Waals surface area contributed by atoms with Gasteiger partial charge in [0.2, 0.25) is 0 Å². The molecule has 1 aromatic rings. The molecule has 1 aromatic heterocycles. The summed E-state index contributed by atoms with van der Waals surface area (Å²) in [6.45, 7) is 7.37. The third kappa shape index (κ3) is 3.43. The fourth-order valence-corrected chi connectivity index (χ4v) is 2.56. The van der Waals surface area contributed by atoms with E-state index in [9.17, 15) is 0 Å². The van der Waals surface area contributed by atoms with Crippen molar-refractivity contribution < 1.29 is 4.74 Å². The molecule has 2 rings (SSSR count). The number of nitrogens with one attached hydrogen (secondary N) is 1. The Labute approximate surface area is 118 Å². The molecule has 6 nitrogen and oxygen atoms in total. The first-order valence-corrected chi connectivity index (χ1v) is 6.88. The normalized spacial score (nSPS) is 16.5. The number of nitrogens with two attached hydrogens (primary N) is 1. The highest BCUT2D eigenvalue weighted by Gasteiger charge is 2.16. The van der Waals surface area contributed by atoms with Crippen LogP contribution in [0.25, 0.3) is 0 Å². The maximum atomic E-state index is 5.75. The molecule has 3 N–H and O–H groups in total. The SMILES string of the molecule is Cc1nn(C)c(NCCN2CCOCC2)c1C(N)=S. The smallest absolute Gasteiger partial charge is 0.134 e. The van der Waals surface area contributed by atoms with Crippen molar-refractivity contribution in [3.05, 3.63) is 11.3 Å². The van der Waals surface area contributed by atoms with Crippen LogP contribution in [0, 0.1) is 6.92 Å². The topological polar surface area (TPSA) is 68.3 Å². The van der Waals surface area contributed by atoms with Gasteiger partial charge in [-0.3, -0.25) is 9.58 Å². The lowest BCUT2D eigenvalue weighted by Crippen LogP contribution is -2.39. The van der Waals surface area contributed by atoms with E-state index in [1.165, 1.54) is 0 Å². The van der Waals surface area contributed by atoms with Crippen molar-refractivity contribution in [2.45, 2.75) is 6.92 Å². The van der Waals surface area contributed by atoms with Gasteiger partial charge in [-0.05, 0) is 6.92 Å². The first-order chi connectivity index (χ1) is 9.09. The maximum absolute atomic E-state index is 5.75. The second-order valence-corrected chi connectivity index (χ2v) is 5.12. The van der Waals surface area contributed by atoms with Gasteiger partial charge in [-0.2, -0.15) is 5.10 Å². The van der Waals surface area contributed by atoms with Crippen LogP contribution < -0.4 is 11.1 Å². The highest BCUT2D eigenvalue weighted by Crippen LogP contribution is 2.18. The zero-order chi connectivity index (χ0) is 13.8. The lowest BCUT2D eigenvalue weighted by Gasteiger charge is -2.26. The fourth-order valence-electron chi connectivity index (χ4n) is 2.31. The van der Waals surface area contributed by atoms with Gasteiger partial charge < -0.3 is 15.8 Å². The van der Waals surface area contributed by atoms with Crippen LogP contribution in [-0.4, -0.2) is 59.1 Å². The van der Waals surface area contributed by atoms with Gasteiger partial charge in [0.15, 0.2) is 0 Å². The van der Waals surface area contributed by atoms with Gasteiger partial charge >= 0.3 is 0 Å². The van der Waals surface area contributed by atoms with Gasteiger partial charge in [0.1, 0.15) is 10.8 Å². The van der Waals surface area contributed by atoms with Crippen LogP contribution in [0.1, 0.15) is 11.3 Å². The third-order valence-corrected chi connectivity index (χ3v) is 3.50. The van der Waals surface area contributed by atoms with Gasteiger partial charge in [0.05, 0.1) is 24.5 Å². The Morgan fingerprint density at radius 1 is 1.47 bits per heavy atom. The van der Waals surface area contributed by atoms with Crippen LogP contribution in [0.2, 0.25) is 0 Å². The molecule has 1 aliphatic heterocycles. The van der Waals surface area contributed by atoms with Crippen LogP contribution in [0.4, 0.5) is 5.82 Å². The number of anilines is 1. The van der Waals surface area contributed by atoms with E-state index in [1.54, 1.807) is 4.68 Å². The molecule has 1 saturated heterocycles. The highest BCUT2D eigenvalue weighted by molar-refractivity contribution is 7.80. The number of aryl methyl sites for hydroxylation is 2. The molecule has 0 aliphatic carbocycles. The molecule has 0 bridgehead atoms. The Morgan fingerprint density at radius 2 is 2.16 bits per heavy atom. The summed E-state index contributed by atoms with van der Waals surface area (Å²) in [6.07, 6.45) is 0. The Morgan fingerprint density at radius 3 is 2.79 bits per heavy atom. The van der Waals surface area contributed by atoms with Gasteiger partial charge in [-0.1, -0.05) is 12.2 Å². The number of hydrogen-bond acceptors (Lipinski definition) is 5. The quantitative estimate of drug-likeness (QED) is 0.748. The number of aromatic nitrogens is 2. The van der Waals surface area contributed by atoms with Gasteiger partial charge in [0, 0.05) is 33.2 Å². The molecule has 19 heavy (non-hydrogen) atoms. The largest absolute Gasteiger partial charge is 0.389 e. The predicted molar refractivity (Wildman–Crippen MR) is 79.6 cm³/mol. The molecule has 0 radical (unpaired) electrons. The maximum Gasteiger partial charge on any atom is 0.134 e. The molecule has 0 saturated carbocycles. The van der Waals surface area contributed by atoms with Crippen molar-refractivity contribution in [3.63, 3.8) is 0 Å². The second kappa shape index (κ2) is 6.31. The standard InChI is InChI=1S/C12H21N5OS/c1-9-10(11(13)19)12(16(2)15-9)14-3-4-17-5-7-18-8-6-17/h14H,3-8H2,1-2H3,(H2,13,19). The summed E-state index contributed by atoms with van der Waals surface area (Å²) in [4.78, 5) is 2.76. The van der Waals surface area contributed by atoms with Crippen molar-refractivity contribution in [2.75, 3.05) is 44.7 Å². The lowest BCUT2D eigenvalue weighted by atomic mass is 10.2. The molecule has 1 fully saturated rings. The van der Waals surface area contributed by atoms with Crippen molar-refractivity contribution in [3.8, 4) is 0 Å². The van der Waals surface area contributed by atoms with E-state index >= 15 is 0 Å². The molecule has 7 heteroatoms. The summed E-state index contributed by atoms with van der Waals surface area (Å²) < 4.78 is 7.12. The number of thiocarbonyl (C=S) groups is 1.